The molecule has 0 bridgehead atoms. The van der Waals surface area contributed by atoms with Gasteiger partial charge in [0, 0.05) is 38.8 Å². The predicted molar refractivity (Wildman–Crippen MR) is 101 cm³/mol. The Morgan fingerprint density at radius 3 is 2.77 bits per heavy atom. The summed E-state index contributed by atoms with van der Waals surface area (Å²) in [6, 6.07) is 3.64. The highest BCUT2D eigenvalue weighted by molar-refractivity contribution is 7.88. The zero-order chi connectivity index (χ0) is 18.4. The van der Waals surface area contributed by atoms with E-state index < -0.39 is 10.0 Å². The van der Waals surface area contributed by atoms with E-state index in [1.54, 1.807) is 17.4 Å². The fourth-order valence-electron chi connectivity index (χ4n) is 2.74. The zero-order valence-corrected chi connectivity index (χ0v) is 16.3. The summed E-state index contributed by atoms with van der Waals surface area (Å²) in [6.45, 7) is 5.50. The molecule has 1 fully saturated rings. The molecule has 8 nitrogen and oxygen atoms in total. The Hall–Kier alpha value is -1.91. The van der Waals surface area contributed by atoms with Crippen LogP contribution < -0.4 is 5.32 Å². The molecule has 0 spiro atoms. The van der Waals surface area contributed by atoms with E-state index >= 15 is 0 Å². The van der Waals surface area contributed by atoms with Gasteiger partial charge in [0.2, 0.25) is 10.0 Å². The van der Waals surface area contributed by atoms with E-state index in [-0.39, 0.29) is 5.75 Å². The lowest BCUT2D eigenvalue weighted by Crippen LogP contribution is -2.53. The van der Waals surface area contributed by atoms with Gasteiger partial charge >= 0.3 is 0 Å². The molecule has 2 aromatic rings. The van der Waals surface area contributed by atoms with Gasteiger partial charge in [-0.15, -0.1) is 0 Å². The average Bonchev–Trinajstić information content (AvgIpc) is 3.32. The number of rotatable bonds is 6. The molecule has 10 heteroatoms. The summed E-state index contributed by atoms with van der Waals surface area (Å²) in [7, 11) is -3.39. The van der Waals surface area contributed by atoms with Gasteiger partial charge in [-0.05, 0) is 29.3 Å². The first kappa shape index (κ1) is 18.9. The molecule has 2 aromatic heterocycles. The lowest BCUT2D eigenvalue weighted by Gasteiger charge is -2.35. The van der Waals surface area contributed by atoms with Gasteiger partial charge in [0.15, 0.2) is 5.96 Å². The Morgan fingerprint density at radius 2 is 2.15 bits per heavy atom. The lowest BCUT2D eigenvalue weighted by atomic mass is 10.3. The molecule has 0 amide bonds. The fourth-order valence-corrected chi connectivity index (χ4v) is 4.83. The van der Waals surface area contributed by atoms with E-state index in [1.807, 2.05) is 12.3 Å². The summed E-state index contributed by atoms with van der Waals surface area (Å²) in [5, 5.41) is 11.1. The Labute approximate surface area is 157 Å². The molecule has 0 aliphatic carbocycles. The van der Waals surface area contributed by atoms with Crippen molar-refractivity contribution in [3.63, 3.8) is 0 Å². The number of nitrogens with zero attached hydrogens (tertiary/aromatic N) is 4. The first-order chi connectivity index (χ1) is 12.6. The van der Waals surface area contributed by atoms with E-state index in [4.69, 9.17) is 4.52 Å². The Kier molecular flexibility index (Phi) is 6.28. The van der Waals surface area contributed by atoms with Gasteiger partial charge in [-0.1, -0.05) is 5.16 Å². The van der Waals surface area contributed by atoms with E-state index in [0.717, 1.165) is 12.5 Å². The minimum Gasteiger partial charge on any atom is -0.364 e. The van der Waals surface area contributed by atoms with Gasteiger partial charge in [-0.2, -0.15) is 15.6 Å². The maximum absolute atomic E-state index is 12.5. The summed E-state index contributed by atoms with van der Waals surface area (Å²) in [5.41, 5.74) is 1.61. The SMILES string of the molecule is CCNC(=NCc1ccsc1)N1CCN(S(=O)(=O)Cc2ccon2)CC1. The second-order valence-electron chi connectivity index (χ2n) is 5.93. The highest BCUT2D eigenvalue weighted by atomic mass is 32.2. The monoisotopic (exact) mass is 397 g/mol. The van der Waals surface area contributed by atoms with Crippen LogP contribution in [0.4, 0.5) is 0 Å². The van der Waals surface area contributed by atoms with Crippen LogP contribution in [0.2, 0.25) is 0 Å². The smallest absolute Gasteiger partial charge is 0.220 e. The van der Waals surface area contributed by atoms with Gasteiger partial charge in [0.1, 0.15) is 12.0 Å². The van der Waals surface area contributed by atoms with Crippen molar-refractivity contribution in [1.29, 1.82) is 0 Å². The maximum Gasteiger partial charge on any atom is 0.220 e. The molecule has 0 saturated carbocycles. The van der Waals surface area contributed by atoms with Crippen molar-refractivity contribution in [2.75, 3.05) is 32.7 Å². The fraction of sp³-hybridized carbons (Fsp3) is 0.500. The zero-order valence-electron chi connectivity index (χ0n) is 14.7. The molecule has 0 radical (unpaired) electrons. The van der Waals surface area contributed by atoms with E-state index in [1.165, 1.54) is 16.1 Å². The highest BCUT2D eigenvalue weighted by Gasteiger charge is 2.28. The molecule has 3 rings (SSSR count). The van der Waals surface area contributed by atoms with Crippen LogP contribution >= 0.6 is 11.3 Å². The largest absolute Gasteiger partial charge is 0.364 e. The van der Waals surface area contributed by atoms with E-state index in [0.29, 0.717) is 38.4 Å². The molecular weight excluding hydrogens is 374 g/mol. The second-order valence-corrected chi connectivity index (χ2v) is 8.68. The third-order valence-corrected chi connectivity index (χ3v) is 6.62. The first-order valence-corrected chi connectivity index (χ1v) is 11.0. The quantitative estimate of drug-likeness (QED) is 0.584. The Morgan fingerprint density at radius 1 is 1.35 bits per heavy atom. The predicted octanol–water partition coefficient (Wildman–Crippen LogP) is 1.35. The number of hydrogen-bond acceptors (Lipinski definition) is 6. The molecule has 142 valence electrons. The van der Waals surface area contributed by atoms with Crippen molar-refractivity contribution in [2.24, 2.45) is 4.99 Å². The summed E-state index contributed by atoms with van der Waals surface area (Å²) < 4.78 is 31.3. The Bertz CT molecular complexity index is 795. The van der Waals surface area contributed by atoms with E-state index in [9.17, 15) is 8.42 Å². The molecule has 1 aliphatic heterocycles. The van der Waals surface area contributed by atoms with Crippen molar-refractivity contribution in [2.45, 2.75) is 19.2 Å². The molecule has 1 saturated heterocycles. The minimum atomic E-state index is -3.39. The third-order valence-electron chi connectivity index (χ3n) is 4.08. The number of aromatic nitrogens is 1. The molecule has 0 unspecified atom stereocenters. The maximum atomic E-state index is 12.5. The lowest BCUT2D eigenvalue weighted by molar-refractivity contribution is 0.259. The van der Waals surface area contributed by atoms with Gasteiger partial charge in [-0.3, -0.25) is 0 Å². The van der Waals surface area contributed by atoms with Crippen LogP contribution in [0.15, 0.2) is 38.7 Å². The van der Waals surface area contributed by atoms with Crippen molar-refractivity contribution >= 4 is 27.3 Å². The van der Waals surface area contributed by atoms with Crippen LogP contribution in [0.25, 0.3) is 0 Å². The van der Waals surface area contributed by atoms with Crippen LogP contribution in [0.3, 0.4) is 0 Å². The molecule has 26 heavy (non-hydrogen) atoms. The average molecular weight is 398 g/mol. The number of guanidine groups is 1. The number of nitrogens with one attached hydrogen (secondary N) is 1. The molecule has 3 heterocycles. The normalized spacial score (nSPS) is 16.8. The van der Waals surface area contributed by atoms with Crippen molar-refractivity contribution in [3.8, 4) is 0 Å². The number of piperazine rings is 1. The summed E-state index contributed by atoms with van der Waals surface area (Å²) in [6.07, 6.45) is 1.38. The minimum absolute atomic E-state index is 0.129. The summed E-state index contributed by atoms with van der Waals surface area (Å²) in [5.74, 6) is 0.697. The third kappa shape index (κ3) is 4.83. The Balaban J connectivity index is 1.59. The van der Waals surface area contributed by atoms with Crippen LogP contribution in [-0.2, 0) is 22.3 Å². The number of sulfonamides is 1. The molecule has 1 aliphatic rings. The van der Waals surface area contributed by atoms with Gasteiger partial charge in [0.25, 0.3) is 0 Å². The topological polar surface area (TPSA) is 91.0 Å². The number of thiophene rings is 1. The highest BCUT2D eigenvalue weighted by Crippen LogP contribution is 2.13. The summed E-state index contributed by atoms with van der Waals surface area (Å²) in [4.78, 5) is 6.78. The summed E-state index contributed by atoms with van der Waals surface area (Å²) >= 11 is 1.66. The van der Waals surface area contributed by atoms with Crippen molar-refractivity contribution in [3.05, 3.63) is 40.4 Å². The first-order valence-electron chi connectivity index (χ1n) is 8.50. The van der Waals surface area contributed by atoms with Crippen LogP contribution in [0.1, 0.15) is 18.2 Å². The van der Waals surface area contributed by atoms with Gasteiger partial charge < -0.3 is 14.7 Å². The number of aliphatic imine (C=N–C) groups is 1. The van der Waals surface area contributed by atoms with Crippen LogP contribution in [-0.4, -0.2) is 61.5 Å². The van der Waals surface area contributed by atoms with Crippen molar-refractivity contribution < 1.29 is 12.9 Å². The van der Waals surface area contributed by atoms with Gasteiger partial charge in [0.05, 0.1) is 12.2 Å². The van der Waals surface area contributed by atoms with Crippen molar-refractivity contribution in [1.82, 2.24) is 19.7 Å². The standard InChI is InChI=1S/C16H23N5O3S2/c1-2-17-16(18-11-14-4-10-25-12-14)20-5-7-21(8-6-20)26(22,23)13-15-3-9-24-19-15/h3-4,9-10,12H,2,5-8,11,13H2,1H3,(H,17,18). The van der Waals surface area contributed by atoms with Crippen LogP contribution in [0.5, 0.6) is 0 Å². The molecule has 1 N–H and O–H groups in total. The molecular formula is C16H23N5O3S2. The van der Waals surface area contributed by atoms with Crippen LogP contribution in [0, 0.1) is 0 Å². The molecule has 0 atom stereocenters. The van der Waals surface area contributed by atoms with E-state index in [2.05, 4.69) is 31.8 Å². The van der Waals surface area contributed by atoms with Gasteiger partial charge in [-0.25, -0.2) is 13.4 Å². The molecule has 0 aromatic carbocycles. The second kappa shape index (κ2) is 8.65. The number of hydrogen-bond donors (Lipinski definition) is 1.